The van der Waals surface area contributed by atoms with Gasteiger partial charge >= 0.3 is 0 Å². The number of benzene rings is 1. The molecule has 0 N–H and O–H groups in total. The van der Waals surface area contributed by atoms with E-state index in [9.17, 15) is 0 Å². The molecule has 1 aliphatic rings. The molecular formula is C13H18BrN. The van der Waals surface area contributed by atoms with Gasteiger partial charge in [0.1, 0.15) is 0 Å². The SMILES string of the molecule is BrC1CCCN(CCc2ccccc2)C1. The number of hydrogen-bond donors (Lipinski definition) is 0. The molecule has 0 amide bonds. The van der Waals surface area contributed by atoms with Gasteiger partial charge in [0.05, 0.1) is 0 Å². The van der Waals surface area contributed by atoms with Crippen molar-refractivity contribution in [2.45, 2.75) is 24.1 Å². The Morgan fingerprint density at radius 1 is 1.27 bits per heavy atom. The second kappa shape index (κ2) is 5.66. The summed E-state index contributed by atoms with van der Waals surface area (Å²) in [5, 5.41) is 0. The van der Waals surface area contributed by atoms with Crippen LogP contribution < -0.4 is 0 Å². The lowest BCUT2D eigenvalue weighted by Gasteiger charge is -2.29. The molecule has 1 aromatic rings. The molecule has 1 nitrogen and oxygen atoms in total. The first-order chi connectivity index (χ1) is 7.34. The highest BCUT2D eigenvalue weighted by Crippen LogP contribution is 2.16. The molecule has 0 saturated carbocycles. The first-order valence-corrected chi connectivity index (χ1v) is 6.66. The number of piperidine rings is 1. The molecule has 15 heavy (non-hydrogen) atoms. The third-order valence-corrected chi connectivity index (χ3v) is 3.75. The molecule has 0 spiro atoms. The molecule has 1 aliphatic heterocycles. The van der Waals surface area contributed by atoms with Crippen molar-refractivity contribution in [3.8, 4) is 0 Å². The lowest BCUT2D eigenvalue weighted by atomic mass is 10.1. The molecule has 0 aromatic heterocycles. The van der Waals surface area contributed by atoms with Gasteiger partial charge in [0.15, 0.2) is 0 Å². The van der Waals surface area contributed by atoms with E-state index in [1.807, 2.05) is 0 Å². The minimum absolute atomic E-state index is 0.710. The molecule has 1 fully saturated rings. The maximum Gasteiger partial charge on any atom is 0.0273 e. The van der Waals surface area contributed by atoms with E-state index in [1.54, 1.807) is 0 Å². The van der Waals surface area contributed by atoms with E-state index in [0.717, 1.165) is 0 Å². The summed E-state index contributed by atoms with van der Waals surface area (Å²) in [5.41, 5.74) is 1.45. The smallest absolute Gasteiger partial charge is 0.0273 e. The minimum atomic E-state index is 0.710. The highest BCUT2D eigenvalue weighted by Gasteiger charge is 2.16. The molecule has 1 saturated heterocycles. The van der Waals surface area contributed by atoms with Crippen molar-refractivity contribution in [1.29, 1.82) is 0 Å². The van der Waals surface area contributed by atoms with Crippen molar-refractivity contribution in [1.82, 2.24) is 4.90 Å². The number of alkyl halides is 1. The third-order valence-electron chi connectivity index (χ3n) is 3.01. The van der Waals surface area contributed by atoms with E-state index in [2.05, 4.69) is 51.2 Å². The molecule has 0 aliphatic carbocycles. The van der Waals surface area contributed by atoms with Gasteiger partial charge in [-0.1, -0.05) is 46.3 Å². The monoisotopic (exact) mass is 267 g/mol. The Morgan fingerprint density at radius 2 is 2.07 bits per heavy atom. The van der Waals surface area contributed by atoms with Gasteiger partial charge in [-0.2, -0.15) is 0 Å². The molecule has 1 unspecified atom stereocenters. The van der Waals surface area contributed by atoms with Crippen LogP contribution in [-0.4, -0.2) is 29.4 Å². The third kappa shape index (κ3) is 3.62. The highest BCUT2D eigenvalue weighted by atomic mass is 79.9. The maximum atomic E-state index is 3.71. The minimum Gasteiger partial charge on any atom is -0.302 e. The van der Waals surface area contributed by atoms with Crippen LogP contribution in [0.5, 0.6) is 0 Å². The van der Waals surface area contributed by atoms with Crippen LogP contribution in [0.4, 0.5) is 0 Å². The number of halogens is 1. The topological polar surface area (TPSA) is 3.24 Å². The Kier molecular flexibility index (Phi) is 4.21. The first kappa shape index (κ1) is 11.2. The standard InChI is InChI=1S/C13H18BrN/c14-13-7-4-9-15(11-13)10-8-12-5-2-1-3-6-12/h1-3,5-6,13H,4,7-11H2. The average Bonchev–Trinajstić information content (AvgIpc) is 2.28. The predicted molar refractivity (Wildman–Crippen MR) is 68.5 cm³/mol. The fourth-order valence-electron chi connectivity index (χ4n) is 2.13. The van der Waals surface area contributed by atoms with Crippen molar-refractivity contribution in [2.24, 2.45) is 0 Å². The van der Waals surface area contributed by atoms with Gasteiger partial charge in [0.2, 0.25) is 0 Å². The molecule has 1 aromatic carbocycles. The summed E-state index contributed by atoms with van der Waals surface area (Å²) in [6, 6.07) is 10.8. The summed E-state index contributed by atoms with van der Waals surface area (Å²) in [7, 11) is 0. The van der Waals surface area contributed by atoms with Gasteiger partial charge in [0.25, 0.3) is 0 Å². The van der Waals surface area contributed by atoms with E-state index in [4.69, 9.17) is 0 Å². The molecule has 2 rings (SSSR count). The van der Waals surface area contributed by atoms with Crippen LogP contribution in [0.3, 0.4) is 0 Å². The van der Waals surface area contributed by atoms with E-state index >= 15 is 0 Å². The summed E-state index contributed by atoms with van der Waals surface area (Å²) >= 11 is 3.71. The van der Waals surface area contributed by atoms with Crippen LogP contribution in [0, 0.1) is 0 Å². The Bertz CT molecular complexity index is 286. The van der Waals surface area contributed by atoms with Crippen LogP contribution in [0.1, 0.15) is 18.4 Å². The quantitative estimate of drug-likeness (QED) is 0.761. The molecule has 1 atom stereocenters. The molecule has 82 valence electrons. The molecule has 2 heteroatoms. The Labute approximate surface area is 101 Å². The average molecular weight is 268 g/mol. The maximum absolute atomic E-state index is 3.71. The van der Waals surface area contributed by atoms with Crippen LogP contribution >= 0.6 is 15.9 Å². The van der Waals surface area contributed by atoms with Gasteiger partial charge in [-0.3, -0.25) is 0 Å². The molecule has 0 bridgehead atoms. The van der Waals surface area contributed by atoms with E-state index in [-0.39, 0.29) is 0 Å². The van der Waals surface area contributed by atoms with Gasteiger partial charge in [-0.15, -0.1) is 0 Å². The van der Waals surface area contributed by atoms with Crippen molar-refractivity contribution >= 4 is 15.9 Å². The number of rotatable bonds is 3. The van der Waals surface area contributed by atoms with Crippen LogP contribution in [0.2, 0.25) is 0 Å². The fraction of sp³-hybridized carbons (Fsp3) is 0.538. The molecule has 1 heterocycles. The number of hydrogen-bond acceptors (Lipinski definition) is 1. The number of likely N-dealkylation sites (tertiary alicyclic amines) is 1. The zero-order valence-corrected chi connectivity index (χ0v) is 10.6. The second-order valence-corrected chi connectivity index (χ2v) is 5.57. The highest BCUT2D eigenvalue weighted by molar-refractivity contribution is 9.09. The second-order valence-electron chi connectivity index (χ2n) is 4.28. The summed E-state index contributed by atoms with van der Waals surface area (Å²) in [5.74, 6) is 0. The van der Waals surface area contributed by atoms with Crippen LogP contribution in [-0.2, 0) is 6.42 Å². The van der Waals surface area contributed by atoms with E-state index < -0.39 is 0 Å². The van der Waals surface area contributed by atoms with E-state index in [1.165, 1.54) is 44.5 Å². The zero-order chi connectivity index (χ0) is 10.5. The van der Waals surface area contributed by atoms with Crippen molar-refractivity contribution < 1.29 is 0 Å². The molecular weight excluding hydrogens is 250 g/mol. The van der Waals surface area contributed by atoms with Crippen LogP contribution in [0.25, 0.3) is 0 Å². The summed E-state index contributed by atoms with van der Waals surface area (Å²) in [4.78, 5) is 3.28. The predicted octanol–water partition coefficient (Wildman–Crippen LogP) is 3.09. The van der Waals surface area contributed by atoms with E-state index in [0.29, 0.717) is 4.83 Å². The lowest BCUT2D eigenvalue weighted by Crippen LogP contribution is -2.36. The van der Waals surface area contributed by atoms with Crippen molar-refractivity contribution in [2.75, 3.05) is 19.6 Å². The number of nitrogens with zero attached hydrogens (tertiary/aromatic N) is 1. The summed E-state index contributed by atoms with van der Waals surface area (Å²) in [6.45, 7) is 3.69. The Balaban J connectivity index is 1.78. The normalized spacial score (nSPS) is 22.9. The fourth-order valence-corrected chi connectivity index (χ4v) is 2.87. The van der Waals surface area contributed by atoms with Crippen molar-refractivity contribution in [3.63, 3.8) is 0 Å². The Morgan fingerprint density at radius 3 is 2.80 bits per heavy atom. The van der Waals surface area contributed by atoms with Crippen LogP contribution in [0.15, 0.2) is 30.3 Å². The van der Waals surface area contributed by atoms with Gasteiger partial charge in [-0.05, 0) is 31.4 Å². The van der Waals surface area contributed by atoms with Gasteiger partial charge < -0.3 is 4.90 Å². The largest absolute Gasteiger partial charge is 0.302 e. The zero-order valence-electron chi connectivity index (χ0n) is 9.03. The first-order valence-electron chi connectivity index (χ1n) is 5.75. The lowest BCUT2D eigenvalue weighted by molar-refractivity contribution is 0.238. The molecule has 0 radical (unpaired) electrons. The summed E-state index contributed by atoms with van der Waals surface area (Å²) < 4.78 is 0. The summed E-state index contributed by atoms with van der Waals surface area (Å²) in [6.07, 6.45) is 3.85. The van der Waals surface area contributed by atoms with Gasteiger partial charge in [-0.25, -0.2) is 0 Å². The Hall–Kier alpha value is -0.340. The van der Waals surface area contributed by atoms with Gasteiger partial charge in [0, 0.05) is 17.9 Å². The van der Waals surface area contributed by atoms with Crippen molar-refractivity contribution in [3.05, 3.63) is 35.9 Å².